The van der Waals surface area contributed by atoms with Crippen LogP contribution in [0.15, 0.2) is 36.8 Å². The van der Waals surface area contributed by atoms with E-state index in [4.69, 9.17) is 11.6 Å². The monoisotopic (exact) mass is 567 g/mol. The van der Waals surface area contributed by atoms with Crippen molar-refractivity contribution in [2.45, 2.75) is 32.0 Å². The fraction of sp³-hybridized carbons (Fsp3) is 0.375. The summed E-state index contributed by atoms with van der Waals surface area (Å²) in [5, 5.41) is 4.32. The normalized spacial score (nSPS) is 16.4. The van der Waals surface area contributed by atoms with Crippen molar-refractivity contribution >= 4 is 23.0 Å². The molecule has 39 heavy (non-hydrogen) atoms. The lowest BCUT2D eigenvalue weighted by molar-refractivity contribution is -0.137. The van der Waals surface area contributed by atoms with Crippen LogP contribution in [-0.4, -0.2) is 65.8 Å². The van der Waals surface area contributed by atoms with Crippen LogP contribution in [0.1, 0.15) is 29.8 Å². The van der Waals surface area contributed by atoms with Crippen molar-refractivity contribution in [1.29, 1.82) is 0 Å². The van der Waals surface area contributed by atoms with E-state index in [0.717, 1.165) is 0 Å². The summed E-state index contributed by atoms with van der Waals surface area (Å²) in [5.41, 5.74) is 4.89. The van der Waals surface area contributed by atoms with E-state index in [-0.39, 0.29) is 29.2 Å². The summed E-state index contributed by atoms with van der Waals surface area (Å²) in [6.07, 6.45) is 1.38. The van der Waals surface area contributed by atoms with Crippen LogP contribution in [0.25, 0.3) is 22.8 Å². The molecule has 1 saturated heterocycles. The lowest BCUT2D eigenvalue weighted by atomic mass is 10.1. The fourth-order valence-corrected chi connectivity index (χ4v) is 5.13. The number of hydrogen-bond donors (Lipinski definition) is 3. The number of imidazole rings is 1. The van der Waals surface area contributed by atoms with Gasteiger partial charge in [0.2, 0.25) is 5.95 Å². The second-order valence-corrected chi connectivity index (χ2v) is 10.5. The number of hydrazine groups is 1. The van der Waals surface area contributed by atoms with Crippen LogP contribution in [0.5, 0.6) is 0 Å². The molecular formula is C24H29F4N9OS. The molecule has 1 fully saturated rings. The predicted molar refractivity (Wildman–Crippen MR) is 141 cm³/mol. The van der Waals surface area contributed by atoms with Gasteiger partial charge in [0.1, 0.15) is 34.8 Å². The van der Waals surface area contributed by atoms with Crippen molar-refractivity contribution < 1.29 is 22.1 Å². The minimum atomic E-state index is -4.74. The predicted octanol–water partition coefficient (Wildman–Crippen LogP) is 3.03. The van der Waals surface area contributed by atoms with Gasteiger partial charge in [-0.15, -0.1) is 4.31 Å². The quantitative estimate of drug-likeness (QED) is 0.170. The zero-order valence-electron chi connectivity index (χ0n) is 21.5. The number of anilines is 1. The lowest BCUT2D eigenvalue weighted by Gasteiger charge is -2.31. The van der Waals surface area contributed by atoms with Crippen LogP contribution in [0.2, 0.25) is 0 Å². The summed E-state index contributed by atoms with van der Waals surface area (Å²) >= 11 is -1.08. The van der Waals surface area contributed by atoms with E-state index < -0.39 is 34.6 Å². The van der Waals surface area contributed by atoms with Gasteiger partial charge in [-0.05, 0) is 31.9 Å². The van der Waals surface area contributed by atoms with Crippen molar-refractivity contribution in [3.05, 3.63) is 59.6 Å². The average Bonchev–Trinajstić information content (AvgIpc) is 3.25. The third-order valence-electron chi connectivity index (χ3n) is 6.41. The molecule has 0 radical (unpaired) electrons. The van der Waals surface area contributed by atoms with Gasteiger partial charge >= 0.3 is 6.18 Å². The SMILES string of the molecule is Cc1nc(-c2nc(NC3CCN([S+](C)[O-])CC3)ncc2C(F)(F)F)cn1-c1ccc(/C(=C/N)N(C)N)cc1F. The summed E-state index contributed by atoms with van der Waals surface area (Å²) < 4.78 is 71.7. The van der Waals surface area contributed by atoms with Crippen LogP contribution < -0.4 is 16.9 Å². The van der Waals surface area contributed by atoms with Gasteiger partial charge in [-0.3, -0.25) is 0 Å². The highest BCUT2D eigenvalue weighted by Crippen LogP contribution is 2.36. The number of nitrogens with zero attached hydrogens (tertiary/aromatic N) is 6. The average molecular weight is 568 g/mol. The molecular weight excluding hydrogens is 538 g/mol. The number of benzene rings is 1. The highest BCUT2D eigenvalue weighted by atomic mass is 32.2. The second kappa shape index (κ2) is 11.4. The van der Waals surface area contributed by atoms with E-state index in [1.807, 2.05) is 4.31 Å². The molecule has 3 aromatic rings. The van der Waals surface area contributed by atoms with Gasteiger partial charge in [0.05, 0.1) is 11.4 Å². The third kappa shape index (κ3) is 6.27. The molecule has 0 amide bonds. The Balaban J connectivity index is 1.67. The molecule has 4 rings (SSSR count). The number of alkyl halides is 3. The van der Waals surface area contributed by atoms with Crippen LogP contribution in [-0.2, 0) is 17.5 Å². The first-order valence-electron chi connectivity index (χ1n) is 11.9. The first-order valence-corrected chi connectivity index (χ1v) is 13.5. The number of aromatic nitrogens is 4. The van der Waals surface area contributed by atoms with Crippen molar-refractivity contribution in [3.8, 4) is 17.1 Å². The molecule has 0 bridgehead atoms. The summed E-state index contributed by atoms with van der Waals surface area (Å²) in [4.78, 5) is 12.3. The second-order valence-electron chi connectivity index (χ2n) is 9.10. The Hall–Kier alpha value is -3.40. The number of halogens is 4. The zero-order chi connectivity index (χ0) is 28.5. The largest absolute Gasteiger partial charge is 0.598 e. The van der Waals surface area contributed by atoms with Crippen molar-refractivity contribution in [2.24, 2.45) is 11.6 Å². The van der Waals surface area contributed by atoms with Crippen LogP contribution in [0.4, 0.5) is 23.5 Å². The lowest BCUT2D eigenvalue weighted by Crippen LogP contribution is -2.42. The number of nitrogens with one attached hydrogen (secondary N) is 1. The number of nitrogens with two attached hydrogens (primary N) is 2. The van der Waals surface area contributed by atoms with Gasteiger partial charge in [0, 0.05) is 61.7 Å². The highest BCUT2D eigenvalue weighted by Gasteiger charge is 2.36. The Morgan fingerprint density at radius 2 is 1.95 bits per heavy atom. The maximum absolute atomic E-state index is 15.1. The number of rotatable bonds is 7. The molecule has 3 heterocycles. The molecule has 1 aliphatic heterocycles. The van der Waals surface area contributed by atoms with Crippen LogP contribution in [0, 0.1) is 12.7 Å². The van der Waals surface area contributed by atoms with Gasteiger partial charge in [0.15, 0.2) is 0 Å². The number of aryl methyl sites for hydroxylation is 1. The van der Waals surface area contributed by atoms with Crippen molar-refractivity contribution in [2.75, 3.05) is 31.7 Å². The topological polar surface area (TPSA) is 137 Å². The third-order valence-corrected chi connectivity index (χ3v) is 7.50. The van der Waals surface area contributed by atoms with Gasteiger partial charge in [0.25, 0.3) is 0 Å². The molecule has 2 aromatic heterocycles. The highest BCUT2D eigenvalue weighted by molar-refractivity contribution is 7.88. The minimum absolute atomic E-state index is 0.0174. The summed E-state index contributed by atoms with van der Waals surface area (Å²) in [6, 6.07) is 4.18. The van der Waals surface area contributed by atoms with Crippen LogP contribution >= 0.6 is 0 Å². The molecule has 10 nitrogen and oxygen atoms in total. The van der Waals surface area contributed by atoms with E-state index in [9.17, 15) is 17.7 Å². The molecule has 0 spiro atoms. The molecule has 1 atom stereocenters. The molecule has 0 aliphatic carbocycles. The van der Waals surface area contributed by atoms with E-state index >= 15 is 4.39 Å². The Morgan fingerprint density at radius 1 is 1.26 bits per heavy atom. The van der Waals surface area contributed by atoms with Gasteiger partial charge < -0.3 is 25.2 Å². The van der Waals surface area contributed by atoms with E-state index in [1.165, 1.54) is 34.1 Å². The van der Waals surface area contributed by atoms with Gasteiger partial charge in [-0.25, -0.2) is 25.2 Å². The van der Waals surface area contributed by atoms with Gasteiger partial charge in [-0.1, -0.05) is 6.07 Å². The molecule has 0 saturated carbocycles. The number of hydrogen-bond acceptors (Lipinski definition) is 9. The molecule has 1 unspecified atom stereocenters. The Kier molecular flexibility index (Phi) is 8.34. The maximum atomic E-state index is 15.1. The van der Waals surface area contributed by atoms with Crippen molar-refractivity contribution in [3.63, 3.8) is 0 Å². The van der Waals surface area contributed by atoms with E-state index in [1.54, 1.807) is 26.3 Å². The zero-order valence-corrected chi connectivity index (χ0v) is 22.4. The molecule has 1 aliphatic rings. The maximum Gasteiger partial charge on any atom is 0.420 e. The summed E-state index contributed by atoms with van der Waals surface area (Å²) in [5.74, 6) is 5.35. The fourth-order valence-electron chi connectivity index (χ4n) is 4.40. The first-order chi connectivity index (χ1) is 18.4. The van der Waals surface area contributed by atoms with E-state index in [0.29, 0.717) is 43.4 Å². The first kappa shape index (κ1) is 28.6. The minimum Gasteiger partial charge on any atom is -0.598 e. The molecule has 210 valence electrons. The smallest absolute Gasteiger partial charge is 0.420 e. The molecule has 1 aromatic carbocycles. The van der Waals surface area contributed by atoms with Crippen molar-refractivity contribution in [1.82, 2.24) is 28.8 Å². The number of piperidine rings is 1. The molecule has 15 heteroatoms. The summed E-state index contributed by atoms with van der Waals surface area (Å²) in [7, 11) is 1.55. The Labute approximate surface area is 226 Å². The van der Waals surface area contributed by atoms with Gasteiger partial charge in [-0.2, -0.15) is 13.2 Å². The van der Waals surface area contributed by atoms with Crippen LogP contribution in [0.3, 0.4) is 0 Å². The molecule has 5 N–H and O–H groups in total. The van der Waals surface area contributed by atoms with E-state index in [2.05, 4.69) is 20.3 Å². The summed E-state index contributed by atoms with van der Waals surface area (Å²) in [6.45, 7) is 2.70. The Morgan fingerprint density at radius 3 is 2.51 bits per heavy atom. The Bertz CT molecular complexity index is 1350. The standard InChI is InChI=1S/C24H29F4N9OS/c1-14-32-19(13-37(14)20-5-4-15(10-18(20)25)21(11-29)35(2)30)22-17(24(26,27)28)12-31-23(34-22)33-16-6-8-36(9-7-16)39(3)38/h4-5,10-13,16H,6-9,29-30H2,1-3H3,(H,31,33,34)/b21-11-.